The van der Waals surface area contributed by atoms with Crippen molar-refractivity contribution in [2.75, 3.05) is 0 Å². The number of rotatable bonds is 3. The van der Waals surface area contributed by atoms with Gasteiger partial charge >= 0.3 is 0 Å². The van der Waals surface area contributed by atoms with E-state index in [0.29, 0.717) is 5.92 Å². The van der Waals surface area contributed by atoms with E-state index >= 15 is 0 Å². The molecular weight excluding hydrogens is 332 g/mol. The third kappa shape index (κ3) is 2.63. The lowest BCUT2D eigenvalue weighted by molar-refractivity contribution is 0.276. The van der Waals surface area contributed by atoms with Crippen LogP contribution >= 0.6 is 0 Å². The van der Waals surface area contributed by atoms with Crippen LogP contribution in [-0.4, -0.2) is 20.1 Å². The third-order valence-corrected chi connectivity index (χ3v) is 6.11. The molecule has 1 fully saturated rings. The van der Waals surface area contributed by atoms with Crippen LogP contribution in [0.15, 0.2) is 66.5 Å². The fourth-order valence-electron chi connectivity index (χ4n) is 4.55. The fourth-order valence-corrected chi connectivity index (χ4v) is 4.55. The molecule has 4 nitrogen and oxygen atoms in total. The summed E-state index contributed by atoms with van der Waals surface area (Å²) >= 11 is 0. The number of aromatic nitrogens is 3. The maximum absolute atomic E-state index is 6.62. The highest BCUT2D eigenvalue weighted by atomic mass is 15.1. The molecule has 0 spiro atoms. The topological polar surface area (TPSA) is 56.7 Å². The molecule has 1 saturated carbocycles. The summed E-state index contributed by atoms with van der Waals surface area (Å²) in [6.45, 7) is 2.30. The first-order valence-electron chi connectivity index (χ1n) is 9.74. The van der Waals surface area contributed by atoms with E-state index in [0.717, 1.165) is 36.1 Å². The normalized spacial score (nSPS) is 21.5. The summed E-state index contributed by atoms with van der Waals surface area (Å²) < 4.78 is 2.27. The lowest BCUT2D eigenvalue weighted by atomic mass is 9.67. The zero-order chi connectivity index (χ0) is 18.4. The van der Waals surface area contributed by atoms with Crippen molar-refractivity contribution in [2.24, 2.45) is 11.7 Å². The lowest BCUT2D eigenvalue weighted by Gasteiger charge is -2.44. The second-order valence-corrected chi connectivity index (χ2v) is 7.89. The van der Waals surface area contributed by atoms with Gasteiger partial charge < -0.3 is 5.73 Å². The third-order valence-electron chi connectivity index (χ3n) is 6.11. The molecule has 2 aromatic heterocycles. The maximum Gasteiger partial charge on any atom is 0.163 e. The number of hydrogen-bond acceptors (Lipinski definition) is 3. The Labute approximate surface area is 159 Å². The van der Waals surface area contributed by atoms with Gasteiger partial charge in [0.25, 0.3) is 0 Å². The minimum absolute atomic E-state index is 0.0811. The first-order valence-corrected chi connectivity index (χ1v) is 9.74. The second-order valence-electron chi connectivity index (χ2n) is 7.89. The molecule has 27 heavy (non-hydrogen) atoms. The average molecular weight is 356 g/mol. The van der Waals surface area contributed by atoms with E-state index in [1.807, 2.05) is 6.07 Å². The van der Waals surface area contributed by atoms with Gasteiger partial charge in [-0.05, 0) is 54.9 Å². The van der Waals surface area contributed by atoms with Crippen molar-refractivity contribution in [3.05, 3.63) is 66.5 Å². The molecule has 1 aromatic carbocycles. The zero-order valence-corrected chi connectivity index (χ0v) is 15.6. The smallest absolute Gasteiger partial charge is 0.163 e. The van der Waals surface area contributed by atoms with Crippen molar-refractivity contribution >= 4 is 16.9 Å². The van der Waals surface area contributed by atoms with Gasteiger partial charge in [0.15, 0.2) is 5.65 Å². The standard InChI is InChI=1S/C23H24N4/c1-16-14-18(8-9-19(16)23(24)10-5-11-23)27-21(17-6-3-2-4-7-17)15-20-22(27)26-13-12-25-20/h2-4,6-9,12-13,15-16H,5,10-11,14,24H2,1H3. The van der Waals surface area contributed by atoms with E-state index in [1.165, 1.54) is 23.3 Å². The quantitative estimate of drug-likeness (QED) is 0.734. The van der Waals surface area contributed by atoms with E-state index in [2.05, 4.69) is 63.9 Å². The molecule has 1 unspecified atom stereocenters. The Morgan fingerprint density at radius 2 is 1.85 bits per heavy atom. The van der Waals surface area contributed by atoms with Crippen molar-refractivity contribution in [1.29, 1.82) is 0 Å². The van der Waals surface area contributed by atoms with Gasteiger partial charge in [-0.15, -0.1) is 0 Å². The molecule has 4 heteroatoms. The Morgan fingerprint density at radius 3 is 2.56 bits per heavy atom. The van der Waals surface area contributed by atoms with E-state index in [9.17, 15) is 0 Å². The number of nitrogens with two attached hydrogens (primary N) is 1. The number of fused-ring (bicyclic) bond motifs is 1. The van der Waals surface area contributed by atoms with Gasteiger partial charge in [0, 0.05) is 23.6 Å². The molecule has 136 valence electrons. The molecule has 3 aromatic rings. The van der Waals surface area contributed by atoms with Crippen LogP contribution in [0.2, 0.25) is 0 Å². The second kappa shape index (κ2) is 6.17. The Morgan fingerprint density at radius 1 is 1.07 bits per heavy atom. The van der Waals surface area contributed by atoms with Crippen molar-refractivity contribution < 1.29 is 0 Å². The van der Waals surface area contributed by atoms with Crippen molar-refractivity contribution in [3.63, 3.8) is 0 Å². The van der Waals surface area contributed by atoms with Crippen LogP contribution in [0.1, 0.15) is 32.6 Å². The monoisotopic (exact) mass is 356 g/mol. The van der Waals surface area contributed by atoms with E-state index < -0.39 is 0 Å². The first-order chi connectivity index (χ1) is 13.2. The molecule has 2 N–H and O–H groups in total. The van der Waals surface area contributed by atoms with Gasteiger partial charge in [-0.1, -0.05) is 43.3 Å². The van der Waals surface area contributed by atoms with Gasteiger partial charge in [0.05, 0.1) is 5.69 Å². The Kier molecular flexibility index (Phi) is 3.76. The van der Waals surface area contributed by atoms with E-state index in [1.54, 1.807) is 12.4 Å². The summed E-state index contributed by atoms with van der Waals surface area (Å²) in [6.07, 6.45) is 12.5. The molecule has 0 aliphatic heterocycles. The molecule has 1 atom stereocenters. The highest BCUT2D eigenvalue weighted by molar-refractivity contribution is 5.86. The lowest BCUT2D eigenvalue weighted by Crippen LogP contribution is -2.50. The highest BCUT2D eigenvalue weighted by Crippen LogP contribution is 2.44. The maximum atomic E-state index is 6.62. The minimum atomic E-state index is -0.0811. The highest BCUT2D eigenvalue weighted by Gasteiger charge is 2.39. The van der Waals surface area contributed by atoms with Gasteiger partial charge in [0.1, 0.15) is 5.52 Å². The fraction of sp³-hybridized carbons (Fsp3) is 0.304. The molecule has 0 amide bonds. The van der Waals surface area contributed by atoms with Gasteiger partial charge in [-0.2, -0.15) is 0 Å². The summed E-state index contributed by atoms with van der Waals surface area (Å²) in [6, 6.07) is 12.6. The molecule has 0 radical (unpaired) electrons. The summed E-state index contributed by atoms with van der Waals surface area (Å²) in [5, 5.41) is 0. The van der Waals surface area contributed by atoms with Gasteiger partial charge in [0.2, 0.25) is 0 Å². The minimum Gasteiger partial charge on any atom is -0.322 e. The van der Waals surface area contributed by atoms with E-state index in [4.69, 9.17) is 5.73 Å². The summed E-state index contributed by atoms with van der Waals surface area (Å²) in [5.41, 5.74) is 13.3. The largest absolute Gasteiger partial charge is 0.322 e. The van der Waals surface area contributed by atoms with Gasteiger partial charge in [-0.25, -0.2) is 4.98 Å². The number of hydrogen-bond donors (Lipinski definition) is 1. The molecule has 0 bridgehead atoms. The Balaban J connectivity index is 1.67. The summed E-state index contributed by atoms with van der Waals surface area (Å²) in [5.74, 6) is 0.438. The number of nitrogens with zero attached hydrogens (tertiary/aromatic N) is 3. The molecular formula is C23H24N4. The van der Waals surface area contributed by atoms with Crippen LogP contribution in [0.4, 0.5) is 0 Å². The van der Waals surface area contributed by atoms with E-state index in [-0.39, 0.29) is 5.54 Å². The SMILES string of the molecule is CC1CC(n2c(-c3ccccc3)cc3nccnc32)=CC=C1C1(N)CCC1. The molecule has 2 aliphatic rings. The molecule has 2 aliphatic carbocycles. The van der Waals surface area contributed by atoms with Crippen LogP contribution in [0.25, 0.3) is 28.1 Å². The van der Waals surface area contributed by atoms with Crippen LogP contribution in [0.5, 0.6) is 0 Å². The Hall–Kier alpha value is -2.72. The van der Waals surface area contributed by atoms with Crippen LogP contribution in [0.3, 0.4) is 0 Å². The van der Waals surface area contributed by atoms with Crippen molar-refractivity contribution in [3.8, 4) is 11.3 Å². The first kappa shape index (κ1) is 16.5. The van der Waals surface area contributed by atoms with Crippen LogP contribution in [0, 0.1) is 5.92 Å². The molecule has 5 rings (SSSR count). The van der Waals surface area contributed by atoms with Crippen LogP contribution < -0.4 is 5.73 Å². The molecule has 2 heterocycles. The number of benzene rings is 1. The van der Waals surface area contributed by atoms with Crippen molar-refractivity contribution in [1.82, 2.24) is 14.5 Å². The summed E-state index contributed by atoms with van der Waals surface area (Å²) in [4.78, 5) is 9.17. The Bertz CT molecular complexity index is 1050. The predicted molar refractivity (Wildman–Crippen MR) is 110 cm³/mol. The average Bonchev–Trinajstić information content (AvgIpc) is 3.06. The van der Waals surface area contributed by atoms with Crippen LogP contribution in [-0.2, 0) is 0 Å². The predicted octanol–water partition coefficient (Wildman–Crippen LogP) is 4.79. The summed E-state index contributed by atoms with van der Waals surface area (Å²) in [7, 11) is 0. The van der Waals surface area contributed by atoms with Gasteiger partial charge in [-0.3, -0.25) is 9.55 Å². The van der Waals surface area contributed by atoms with Crippen molar-refractivity contribution in [2.45, 2.75) is 38.1 Å². The molecule has 0 saturated heterocycles. The number of allylic oxidation sites excluding steroid dienone is 3. The zero-order valence-electron chi connectivity index (χ0n) is 15.6.